The highest BCUT2D eigenvalue weighted by Crippen LogP contribution is 2.42. The molecule has 0 fully saturated rings. The van der Waals surface area contributed by atoms with Crippen LogP contribution in [0.15, 0.2) is 59.9 Å². The number of nitriles is 1. The third-order valence-electron chi connectivity index (χ3n) is 4.86. The molecule has 0 saturated carbocycles. The molecule has 3 rings (SSSR count). The van der Waals surface area contributed by atoms with Crippen LogP contribution in [-0.4, -0.2) is 16.8 Å². The van der Waals surface area contributed by atoms with Gasteiger partial charge >= 0.3 is 0 Å². The number of carbonyl (C=O) groups is 2. The van der Waals surface area contributed by atoms with Gasteiger partial charge in [0.2, 0.25) is 0 Å². The van der Waals surface area contributed by atoms with Gasteiger partial charge in [0.15, 0.2) is 11.5 Å². The summed E-state index contributed by atoms with van der Waals surface area (Å²) >= 11 is 0. The lowest BCUT2D eigenvalue weighted by Gasteiger charge is -2.28. The van der Waals surface area contributed by atoms with Gasteiger partial charge in [-0.2, -0.15) is 5.26 Å². The smallest absolute Gasteiger partial charge is 0.294 e. The monoisotopic (exact) mass is 374 g/mol. The van der Waals surface area contributed by atoms with Crippen molar-refractivity contribution in [1.29, 1.82) is 5.26 Å². The molecule has 0 spiro atoms. The standard InChI is InChI=1S/C23H22N2O3/c1-14(2)12-19(26)20-21(18-7-5-4-6-15(18)3)25(23(28)22(20)27)17-10-8-16(13-24)9-11-17/h4-11,14,21,27H,12H2,1-3H3. The number of hydrogen-bond donors (Lipinski definition) is 1. The minimum atomic E-state index is -0.701. The maximum absolute atomic E-state index is 13.0. The molecule has 0 bridgehead atoms. The minimum Gasteiger partial charge on any atom is -0.503 e. The lowest BCUT2D eigenvalue weighted by atomic mass is 9.90. The number of hydrogen-bond acceptors (Lipinski definition) is 4. The number of aliphatic hydroxyl groups is 1. The van der Waals surface area contributed by atoms with Crippen LogP contribution in [-0.2, 0) is 9.59 Å². The highest BCUT2D eigenvalue weighted by molar-refractivity contribution is 6.16. The van der Waals surface area contributed by atoms with Gasteiger partial charge in [-0.15, -0.1) is 0 Å². The fourth-order valence-electron chi connectivity index (χ4n) is 3.52. The maximum atomic E-state index is 13.0. The van der Waals surface area contributed by atoms with Crippen LogP contribution in [0.25, 0.3) is 0 Å². The van der Waals surface area contributed by atoms with Crippen molar-refractivity contribution in [2.24, 2.45) is 5.92 Å². The number of benzene rings is 2. The molecule has 5 heteroatoms. The van der Waals surface area contributed by atoms with E-state index >= 15 is 0 Å². The van der Waals surface area contributed by atoms with Crippen LogP contribution < -0.4 is 4.90 Å². The topological polar surface area (TPSA) is 81.4 Å². The van der Waals surface area contributed by atoms with Crippen LogP contribution in [0.3, 0.4) is 0 Å². The van der Waals surface area contributed by atoms with E-state index in [-0.39, 0.29) is 23.7 Å². The predicted octanol–water partition coefficient (Wildman–Crippen LogP) is 4.38. The summed E-state index contributed by atoms with van der Waals surface area (Å²) in [4.78, 5) is 27.3. The van der Waals surface area contributed by atoms with Gasteiger partial charge in [-0.05, 0) is 48.2 Å². The summed E-state index contributed by atoms with van der Waals surface area (Å²) in [5, 5.41) is 19.6. The Labute approximate surface area is 164 Å². The third-order valence-corrected chi connectivity index (χ3v) is 4.86. The zero-order valence-electron chi connectivity index (χ0n) is 16.1. The first-order valence-corrected chi connectivity index (χ1v) is 9.20. The summed E-state index contributed by atoms with van der Waals surface area (Å²) in [6.07, 6.45) is 0.246. The molecule has 1 unspecified atom stereocenters. The summed E-state index contributed by atoms with van der Waals surface area (Å²) in [5.74, 6) is -1.23. The van der Waals surface area contributed by atoms with Crippen molar-refractivity contribution in [2.75, 3.05) is 4.90 Å². The molecule has 1 atom stereocenters. The van der Waals surface area contributed by atoms with Gasteiger partial charge in [-0.1, -0.05) is 38.1 Å². The van der Waals surface area contributed by atoms with Gasteiger partial charge in [-0.25, -0.2) is 0 Å². The zero-order valence-corrected chi connectivity index (χ0v) is 16.1. The third kappa shape index (κ3) is 3.41. The van der Waals surface area contributed by atoms with Gasteiger partial charge in [0.1, 0.15) is 0 Å². The quantitative estimate of drug-likeness (QED) is 0.842. The Morgan fingerprint density at radius 3 is 2.39 bits per heavy atom. The molecule has 1 N–H and O–H groups in total. The molecule has 1 aliphatic heterocycles. The molecule has 142 valence electrons. The molecule has 2 aromatic rings. The highest BCUT2D eigenvalue weighted by Gasteiger charge is 2.44. The Hall–Kier alpha value is -3.39. The Balaban J connectivity index is 2.16. The second kappa shape index (κ2) is 7.69. The summed E-state index contributed by atoms with van der Waals surface area (Å²) < 4.78 is 0. The summed E-state index contributed by atoms with van der Waals surface area (Å²) in [6.45, 7) is 5.76. The molecular weight excluding hydrogens is 352 g/mol. The molecule has 0 aromatic heterocycles. The average Bonchev–Trinajstić information content (AvgIpc) is 2.93. The number of aliphatic hydroxyl groups excluding tert-OH is 1. The lowest BCUT2D eigenvalue weighted by molar-refractivity contribution is -0.118. The van der Waals surface area contributed by atoms with Crippen molar-refractivity contribution < 1.29 is 14.7 Å². The summed E-state index contributed by atoms with van der Waals surface area (Å²) in [6, 6.07) is 15.4. The van der Waals surface area contributed by atoms with E-state index in [0.717, 1.165) is 11.1 Å². The van der Waals surface area contributed by atoms with E-state index in [1.165, 1.54) is 4.90 Å². The Morgan fingerprint density at radius 2 is 1.82 bits per heavy atom. The lowest BCUT2D eigenvalue weighted by Crippen LogP contribution is -2.31. The second-order valence-electron chi connectivity index (χ2n) is 7.38. The molecule has 1 aliphatic rings. The Morgan fingerprint density at radius 1 is 1.18 bits per heavy atom. The van der Waals surface area contributed by atoms with E-state index in [1.54, 1.807) is 24.3 Å². The first-order valence-electron chi connectivity index (χ1n) is 9.20. The minimum absolute atomic E-state index is 0.101. The molecule has 0 saturated heterocycles. The Kier molecular flexibility index (Phi) is 5.32. The summed E-state index contributed by atoms with van der Waals surface area (Å²) in [7, 11) is 0. The molecule has 28 heavy (non-hydrogen) atoms. The molecule has 1 heterocycles. The van der Waals surface area contributed by atoms with Crippen LogP contribution in [0.2, 0.25) is 0 Å². The number of carbonyl (C=O) groups excluding carboxylic acids is 2. The van der Waals surface area contributed by atoms with Crippen LogP contribution in [0.4, 0.5) is 5.69 Å². The van der Waals surface area contributed by atoms with Gasteiger partial charge < -0.3 is 5.11 Å². The number of amides is 1. The van der Waals surface area contributed by atoms with Crippen molar-refractivity contribution in [3.05, 3.63) is 76.6 Å². The molecule has 0 radical (unpaired) electrons. The van der Waals surface area contributed by atoms with Crippen LogP contribution in [0.5, 0.6) is 0 Å². The highest BCUT2D eigenvalue weighted by atomic mass is 16.3. The molecule has 2 aromatic carbocycles. The van der Waals surface area contributed by atoms with Gasteiger partial charge in [0.25, 0.3) is 5.91 Å². The van der Waals surface area contributed by atoms with Crippen LogP contribution in [0.1, 0.15) is 43.0 Å². The van der Waals surface area contributed by atoms with E-state index in [9.17, 15) is 14.7 Å². The number of nitrogens with zero attached hydrogens (tertiary/aromatic N) is 2. The van der Waals surface area contributed by atoms with E-state index in [0.29, 0.717) is 11.3 Å². The normalized spacial score (nSPS) is 16.6. The number of Topliss-reactive ketones (excluding diaryl/α,β-unsaturated/α-hetero) is 1. The van der Waals surface area contributed by atoms with Gasteiger partial charge in [0.05, 0.1) is 23.2 Å². The number of aryl methyl sites for hydroxylation is 1. The first-order chi connectivity index (χ1) is 13.3. The average molecular weight is 374 g/mol. The van der Waals surface area contributed by atoms with Crippen molar-refractivity contribution in [1.82, 2.24) is 0 Å². The van der Waals surface area contributed by atoms with Crippen molar-refractivity contribution in [3.8, 4) is 6.07 Å². The molecular formula is C23H22N2O3. The predicted molar refractivity (Wildman–Crippen MR) is 107 cm³/mol. The van der Waals surface area contributed by atoms with E-state index in [1.807, 2.05) is 51.1 Å². The SMILES string of the molecule is Cc1ccccc1C1C(C(=O)CC(C)C)=C(O)C(=O)N1c1ccc(C#N)cc1. The van der Waals surface area contributed by atoms with E-state index in [2.05, 4.69) is 0 Å². The second-order valence-corrected chi connectivity index (χ2v) is 7.38. The Bertz CT molecular complexity index is 997. The van der Waals surface area contributed by atoms with Crippen molar-refractivity contribution in [2.45, 2.75) is 33.2 Å². The van der Waals surface area contributed by atoms with Crippen LogP contribution >= 0.6 is 0 Å². The molecule has 5 nitrogen and oxygen atoms in total. The van der Waals surface area contributed by atoms with E-state index < -0.39 is 17.7 Å². The number of anilines is 1. The van der Waals surface area contributed by atoms with Gasteiger partial charge in [0, 0.05) is 12.1 Å². The largest absolute Gasteiger partial charge is 0.503 e. The van der Waals surface area contributed by atoms with E-state index in [4.69, 9.17) is 5.26 Å². The molecule has 1 amide bonds. The maximum Gasteiger partial charge on any atom is 0.294 e. The number of ketones is 1. The first kappa shape index (κ1) is 19.4. The van der Waals surface area contributed by atoms with Crippen molar-refractivity contribution in [3.63, 3.8) is 0 Å². The van der Waals surface area contributed by atoms with Crippen molar-refractivity contribution >= 4 is 17.4 Å². The zero-order chi connectivity index (χ0) is 20.4. The number of rotatable bonds is 5. The summed E-state index contributed by atoms with van der Waals surface area (Å²) in [5.41, 5.74) is 2.84. The fraction of sp³-hybridized carbons (Fsp3) is 0.261. The van der Waals surface area contributed by atoms with Crippen LogP contribution in [0, 0.1) is 24.2 Å². The molecule has 0 aliphatic carbocycles. The van der Waals surface area contributed by atoms with Gasteiger partial charge in [-0.3, -0.25) is 14.5 Å². The fourth-order valence-corrected chi connectivity index (χ4v) is 3.52.